The summed E-state index contributed by atoms with van der Waals surface area (Å²) in [4.78, 5) is 4.69. The lowest BCUT2D eigenvalue weighted by Gasteiger charge is -1.98. The van der Waals surface area contributed by atoms with Crippen LogP contribution in [0.25, 0.3) is 20.8 Å². The van der Waals surface area contributed by atoms with Crippen molar-refractivity contribution in [2.45, 2.75) is 13.8 Å². The van der Waals surface area contributed by atoms with E-state index in [0.717, 1.165) is 26.4 Å². The molecule has 0 fully saturated rings. The van der Waals surface area contributed by atoms with Crippen molar-refractivity contribution in [1.29, 1.82) is 10.5 Å². The number of aromatic nitrogens is 1. The van der Waals surface area contributed by atoms with Crippen LogP contribution in [0.4, 0.5) is 0 Å². The van der Waals surface area contributed by atoms with Gasteiger partial charge in [0, 0.05) is 5.56 Å². The summed E-state index contributed by atoms with van der Waals surface area (Å²) < 4.78 is 1.16. The first-order valence-corrected chi connectivity index (χ1v) is 7.26. The minimum Gasteiger partial charge on any atom is -0.236 e. The van der Waals surface area contributed by atoms with Gasteiger partial charge in [0.15, 0.2) is 0 Å². The van der Waals surface area contributed by atoms with Crippen molar-refractivity contribution in [3.63, 3.8) is 0 Å². The van der Waals surface area contributed by atoms with Gasteiger partial charge < -0.3 is 0 Å². The largest absolute Gasteiger partial charge is 0.236 e. The van der Waals surface area contributed by atoms with Crippen molar-refractivity contribution in [3.8, 4) is 22.7 Å². The van der Waals surface area contributed by atoms with E-state index >= 15 is 0 Å². The number of hydrogen-bond acceptors (Lipinski definition) is 4. The summed E-state index contributed by atoms with van der Waals surface area (Å²) in [6.45, 7) is 4.10. The molecule has 0 N–H and O–H groups in total. The van der Waals surface area contributed by atoms with Crippen molar-refractivity contribution in [1.82, 2.24) is 4.98 Å². The number of nitrogens with zero attached hydrogens (tertiary/aromatic N) is 3. The van der Waals surface area contributed by atoms with Crippen molar-refractivity contribution in [2.75, 3.05) is 0 Å². The van der Waals surface area contributed by atoms with Gasteiger partial charge in [0.05, 0.1) is 33.5 Å². The maximum Gasteiger partial charge on any atom is 0.124 e. The summed E-state index contributed by atoms with van der Waals surface area (Å²) in [6, 6.07) is 13.5. The van der Waals surface area contributed by atoms with E-state index in [4.69, 9.17) is 15.5 Å². The first-order valence-electron chi connectivity index (χ1n) is 6.45. The van der Waals surface area contributed by atoms with Gasteiger partial charge in [-0.25, -0.2) is 4.98 Å². The Kier molecular flexibility index (Phi) is 3.17. The smallest absolute Gasteiger partial charge is 0.124 e. The van der Waals surface area contributed by atoms with Crippen LogP contribution in [0, 0.1) is 36.5 Å². The molecular weight excluding hydrogens is 278 g/mol. The standard InChI is InChI=1S/C17H11N3S/c1-10-3-4-11(2)16-15(10)20-17(21-16)14-6-12(8-18)5-13(7-14)9-19/h3-7H,1-2H3. The van der Waals surface area contributed by atoms with E-state index in [0.29, 0.717) is 11.1 Å². The summed E-state index contributed by atoms with van der Waals surface area (Å²) in [5, 5.41) is 19.0. The third-order valence-electron chi connectivity index (χ3n) is 3.38. The average molecular weight is 289 g/mol. The van der Waals surface area contributed by atoms with Crippen LogP contribution in [-0.2, 0) is 0 Å². The monoisotopic (exact) mass is 289 g/mol. The van der Waals surface area contributed by atoms with Crippen molar-refractivity contribution in [3.05, 3.63) is 52.6 Å². The van der Waals surface area contributed by atoms with E-state index in [9.17, 15) is 0 Å². The maximum absolute atomic E-state index is 9.08. The molecule has 3 rings (SSSR count). The normalized spacial score (nSPS) is 10.3. The quantitative estimate of drug-likeness (QED) is 0.670. The summed E-state index contributed by atoms with van der Waals surface area (Å²) in [5.41, 5.74) is 5.11. The van der Waals surface area contributed by atoms with Crippen molar-refractivity contribution >= 4 is 21.6 Å². The molecule has 3 nitrogen and oxygen atoms in total. The molecule has 0 radical (unpaired) electrons. The molecule has 2 aromatic carbocycles. The molecule has 1 heterocycles. The zero-order valence-electron chi connectivity index (χ0n) is 11.6. The van der Waals surface area contributed by atoms with Gasteiger partial charge in [0.2, 0.25) is 0 Å². The fourth-order valence-corrected chi connectivity index (χ4v) is 3.36. The molecule has 100 valence electrons. The number of thiazole rings is 1. The van der Waals surface area contributed by atoms with Crippen LogP contribution in [0.1, 0.15) is 22.3 Å². The highest BCUT2D eigenvalue weighted by atomic mass is 32.1. The van der Waals surface area contributed by atoms with Crippen LogP contribution in [0.2, 0.25) is 0 Å². The number of rotatable bonds is 1. The van der Waals surface area contributed by atoms with E-state index in [-0.39, 0.29) is 0 Å². The second kappa shape index (κ2) is 5.01. The minimum absolute atomic E-state index is 0.483. The second-order valence-electron chi connectivity index (χ2n) is 4.92. The lowest BCUT2D eigenvalue weighted by atomic mass is 10.1. The fraction of sp³-hybridized carbons (Fsp3) is 0.118. The van der Waals surface area contributed by atoms with Gasteiger partial charge in [-0.2, -0.15) is 10.5 Å². The summed E-state index contributed by atoms with van der Waals surface area (Å²) in [6.07, 6.45) is 0. The number of hydrogen-bond donors (Lipinski definition) is 0. The van der Waals surface area contributed by atoms with Crippen molar-refractivity contribution in [2.24, 2.45) is 0 Å². The molecule has 0 bridgehead atoms. The van der Waals surface area contributed by atoms with Crippen LogP contribution in [-0.4, -0.2) is 4.98 Å². The van der Waals surface area contributed by atoms with E-state index in [1.807, 2.05) is 6.92 Å². The average Bonchev–Trinajstić information content (AvgIpc) is 2.97. The number of fused-ring (bicyclic) bond motifs is 1. The van der Waals surface area contributed by atoms with E-state index in [1.165, 1.54) is 5.56 Å². The molecule has 0 aliphatic carbocycles. The molecular formula is C17H11N3S. The van der Waals surface area contributed by atoms with E-state index in [2.05, 4.69) is 31.2 Å². The third kappa shape index (κ3) is 2.27. The number of aryl methyl sites for hydroxylation is 2. The van der Waals surface area contributed by atoms with Crippen LogP contribution in [0.15, 0.2) is 30.3 Å². The molecule has 0 saturated carbocycles. The van der Waals surface area contributed by atoms with Crippen LogP contribution >= 0.6 is 11.3 Å². The van der Waals surface area contributed by atoms with Gasteiger partial charge in [0.1, 0.15) is 5.01 Å². The minimum atomic E-state index is 0.483. The Balaban J connectivity index is 2.27. The summed E-state index contributed by atoms with van der Waals surface area (Å²) >= 11 is 1.60. The van der Waals surface area contributed by atoms with Gasteiger partial charge in [-0.15, -0.1) is 11.3 Å². The van der Waals surface area contributed by atoms with Gasteiger partial charge in [-0.3, -0.25) is 0 Å². The Labute approximate surface area is 126 Å². The highest BCUT2D eigenvalue weighted by Gasteiger charge is 2.11. The predicted octanol–water partition coefficient (Wildman–Crippen LogP) is 4.32. The predicted molar refractivity (Wildman–Crippen MR) is 84.0 cm³/mol. The first kappa shape index (κ1) is 13.3. The zero-order chi connectivity index (χ0) is 15.0. The molecule has 0 amide bonds. The Hall–Kier alpha value is -2.69. The zero-order valence-corrected chi connectivity index (χ0v) is 12.5. The maximum atomic E-state index is 9.08. The summed E-state index contributed by atoms with van der Waals surface area (Å²) in [7, 11) is 0. The first-order chi connectivity index (χ1) is 10.1. The molecule has 0 aliphatic heterocycles. The molecule has 0 aliphatic rings. The van der Waals surface area contributed by atoms with Gasteiger partial charge in [-0.1, -0.05) is 12.1 Å². The van der Waals surface area contributed by atoms with E-state index < -0.39 is 0 Å². The van der Waals surface area contributed by atoms with Crippen LogP contribution < -0.4 is 0 Å². The topological polar surface area (TPSA) is 60.5 Å². The van der Waals surface area contributed by atoms with Crippen LogP contribution in [0.3, 0.4) is 0 Å². The fourth-order valence-electron chi connectivity index (χ4n) is 2.26. The SMILES string of the molecule is Cc1ccc(C)c2sc(-c3cc(C#N)cc(C#N)c3)nc12. The molecule has 3 aromatic rings. The molecule has 0 saturated heterocycles. The Morgan fingerprint density at radius 2 is 1.57 bits per heavy atom. The molecule has 1 aromatic heterocycles. The lowest BCUT2D eigenvalue weighted by Crippen LogP contribution is -1.84. The van der Waals surface area contributed by atoms with Crippen LogP contribution in [0.5, 0.6) is 0 Å². The highest BCUT2D eigenvalue weighted by Crippen LogP contribution is 2.34. The Morgan fingerprint density at radius 3 is 2.14 bits per heavy atom. The number of nitriles is 2. The molecule has 4 heteroatoms. The van der Waals surface area contributed by atoms with Gasteiger partial charge >= 0.3 is 0 Å². The molecule has 0 spiro atoms. The van der Waals surface area contributed by atoms with Gasteiger partial charge in [0.25, 0.3) is 0 Å². The summed E-state index contributed by atoms with van der Waals surface area (Å²) in [5.74, 6) is 0. The highest BCUT2D eigenvalue weighted by molar-refractivity contribution is 7.21. The van der Waals surface area contributed by atoms with E-state index in [1.54, 1.807) is 29.5 Å². The third-order valence-corrected chi connectivity index (χ3v) is 4.62. The molecule has 0 unspecified atom stereocenters. The van der Waals surface area contributed by atoms with Gasteiger partial charge in [-0.05, 0) is 43.2 Å². The Morgan fingerprint density at radius 1 is 0.952 bits per heavy atom. The lowest BCUT2D eigenvalue weighted by molar-refractivity contribution is 1.39. The van der Waals surface area contributed by atoms with Crippen molar-refractivity contribution < 1.29 is 0 Å². The Bertz CT molecular complexity index is 868. The molecule has 21 heavy (non-hydrogen) atoms. The number of benzene rings is 2. The second-order valence-corrected chi connectivity index (χ2v) is 5.92. The molecule has 0 atom stereocenters.